The second-order valence-corrected chi connectivity index (χ2v) is 4.95. The summed E-state index contributed by atoms with van der Waals surface area (Å²) in [6.07, 6.45) is 3.28. The van der Waals surface area contributed by atoms with Crippen LogP contribution in [0.1, 0.15) is 34.6 Å². The number of nitrogens with one attached hydrogen (secondary N) is 1. The van der Waals surface area contributed by atoms with Crippen molar-refractivity contribution in [2.45, 2.75) is 32.2 Å². The number of hydrogen-bond acceptors (Lipinski definition) is 5. The van der Waals surface area contributed by atoms with Crippen LogP contribution in [0.4, 0.5) is 0 Å². The van der Waals surface area contributed by atoms with Gasteiger partial charge < -0.3 is 11.1 Å². The summed E-state index contributed by atoms with van der Waals surface area (Å²) in [6, 6.07) is 0.221. The van der Waals surface area contributed by atoms with Crippen molar-refractivity contribution >= 4 is 17.4 Å². The van der Waals surface area contributed by atoms with E-state index in [0.29, 0.717) is 23.0 Å². The molecular weight excluding hydrogens is 224 g/mol. The predicted octanol–water partition coefficient (Wildman–Crippen LogP) is 0.704. The van der Waals surface area contributed by atoms with Gasteiger partial charge >= 0.3 is 0 Å². The summed E-state index contributed by atoms with van der Waals surface area (Å²) in [7, 11) is 0. The average molecular weight is 240 g/mol. The van der Waals surface area contributed by atoms with Crippen LogP contribution in [-0.2, 0) is 0 Å². The van der Waals surface area contributed by atoms with Gasteiger partial charge in [-0.1, -0.05) is 10.9 Å². The molecule has 88 valence electrons. The number of aryl methyl sites for hydroxylation is 1. The van der Waals surface area contributed by atoms with E-state index in [-0.39, 0.29) is 11.9 Å². The average Bonchev–Trinajstić information content (AvgIpc) is 2.86. The largest absolute Gasteiger partial charge is 0.348 e. The second kappa shape index (κ2) is 4.88. The van der Waals surface area contributed by atoms with Gasteiger partial charge in [0.2, 0.25) is 0 Å². The zero-order chi connectivity index (χ0) is 11.5. The Labute approximate surface area is 98.6 Å². The van der Waals surface area contributed by atoms with Crippen molar-refractivity contribution in [3.63, 3.8) is 0 Å². The molecule has 3 N–H and O–H groups in total. The van der Waals surface area contributed by atoms with Crippen LogP contribution in [0.25, 0.3) is 0 Å². The summed E-state index contributed by atoms with van der Waals surface area (Å²) in [4.78, 5) is 12.5. The SMILES string of the molecule is Cc1nnsc1C(=O)NC1CCCC1CN. The third-order valence-corrected chi connectivity index (χ3v) is 3.96. The van der Waals surface area contributed by atoms with E-state index in [1.165, 1.54) is 0 Å². The van der Waals surface area contributed by atoms with E-state index in [9.17, 15) is 4.79 Å². The molecule has 2 unspecified atom stereocenters. The number of aromatic nitrogens is 2. The molecule has 1 fully saturated rings. The molecule has 0 spiro atoms. The molecule has 6 heteroatoms. The smallest absolute Gasteiger partial charge is 0.265 e. The summed E-state index contributed by atoms with van der Waals surface area (Å²) in [5.74, 6) is 0.364. The minimum atomic E-state index is -0.0575. The van der Waals surface area contributed by atoms with Gasteiger partial charge in [-0.2, -0.15) is 0 Å². The molecule has 2 rings (SSSR count). The van der Waals surface area contributed by atoms with E-state index >= 15 is 0 Å². The molecular formula is C10H16N4OS. The molecule has 1 amide bonds. The molecule has 0 aliphatic heterocycles. The van der Waals surface area contributed by atoms with Gasteiger partial charge in [0.25, 0.3) is 5.91 Å². The van der Waals surface area contributed by atoms with Crippen molar-refractivity contribution in [2.75, 3.05) is 6.54 Å². The first kappa shape index (κ1) is 11.5. The Bertz CT molecular complexity index is 379. The van der Waals surface area contributed by atoms with E-state index in [4.69, 9.17) is 5.73 Å². The number of hydrogen-bond donors (Lipinski definition) is 2. The Balaban J connectivity index is 2.00. The van der Waals surface area contributed by atoms with Gasteiger partial charge in [-0.15, -0.1) is 5.10 Å². The number of carbonyl (C=O) groups excluding carboxylic acids is 1. The minimum absolute atomic E-state index is 0.0575. The van der Waals surface area contributed by atoms with Crippen molar-refractivity contribution in [3.05, 3.63) is 10.6 Å². The third kappa shape index (κ3) is 2.22. The molecule has 0 saturated heterocycles. The lowest BCUT2D eigenvalue weighted by Crippen LogP contribution is -2.39. The van der Waals surface area contributed by atoms with Gasteiger partial charge in [0, 0.05) is 6.04 Å². The lowest BCUT2D eigenvalue weighted by Gasteiger charge is -2.18. The van der Waals surface area contributed by atoms with Crippen molar-refractivity contribution in [1.29, 1.82) is 0 Å². The summed E-state index contributed by atoms with van der Waals surface area (Å²) in [5, 5.41) is 6.87. The topological polar surface area (TPSA) is 80.9 Å². The zero-order valence-corrected chi connectivity index (χ0v) is 10.1. The van der Waals surface area contributed by atoms with Gasteiger partial charge in [0.1, 0.15) is 4.88 Å². The standard InChI is InChI=1S/C10H16N4OS/c1-6-9(16-14-13-6)10(15)12-8-4-2-3-7(8)5-11/h7-8H,2-5,11H2,1H3,(H,12,15). The molecule has 1 aromatic rings. The summed E-state index contributed by atoms with van der Waals surface area (Å²) >= 11 is 1.15. The molecule has 5 nitrogen and oxygen atoms in total. The summed E-state index contributed by atoms with van der Waals surface area (Å²) in [6.45, 7) is 2.44. The molecule has 1 heterocycles. The van der Waals surface area contributed by atoms with Crippen LogP contribution in [0, 0.1) is 12.8 Å². The molecule has 1 aromatic heterocycles. The maximum Gasteiger partial charge on any atom is 0.265 e. The van der Waals surface area contributed by atoms with Crippen LogP contribution in [0.15, 0.2) is 0 Å². The Kier molecular flexibility index (Phi) is 3.50. The lowest BCUT2D eigenvalue weighted by atomic mass is 10.0. The fourth-order valence-electron chi connectivity index (χ4n) is 2.18. The van der Waals surface area contributed by atoms with Crippen molar-refractivity contribution in [1.82, 2.24) is 14.9 Å². The minimum Gasteiger partial charge on any atom is -0.348 e. The van der Waals surface area contributed by atoms with E-state index in [1.54, 1.807) is 6.92 Å². The Morgan fingerprint density at radius 3 is 3.06 bits per heavy atom. The van der Waals surface area contributed by atoms with Crippen LogP contribution in [-0.4, -0.2) is 28.1 Å². The highest BCUT2D eigenvalue weighted by molar-refractivity contribution is 7.08. The van der Waals surface area contributed by atoms with E-state index in [0.717, 1.165) is 30.8 Å². The Morgan fingerprint density at radius 1 is 1.62 bits per heavy atom. The van der Waals surface area contributed by atoms with Gasteiger partial charge in [0.05, 0.1) is 5.69 Å². The molecule has 1 aliphatic rings. The maximum atomic E-state index is 11.9. The number of carbonyl (C=O) groups is 1. The van der Waals surface area contributed by atoms with Crippen LogP contribution in [0.2, 0.25) is 0 Å². The van der Waals surface area contributed by atoms with Crippen LogP contribution in [0.5, 0.6) is 0 Å². The van der Waals surface area contributed by atoms with Gasteiger partial charge in [-0.05, 0) is 43.8 Å². The third-order valence-electron chi connectivity index (χ3n) is 3.14. The summed E-state index contributed by atoms with van der Waals surface area (Å²) < 4.78 is 3.76. The highest BCUT2D eigenvalue weighted by Gasteiger charge is 2.28. The zero-order valence-electron chi connectivity index (χ0n) is 9.27. The normalized spacial score (nSPS) is 24.6. The molecule has 1 aliphatic carbocycles. The quantitative estimate of drug-likeness (QED) is 0.815. The maximum absolute atomic E-state index is 11.9. The first-order valence-corrected chi connectivity index (χ1v) is 6.29. The van der Waals surface area contributed by atoms with Crippen LogP contribution in [0.3, 0.4) is 0 Å². The highest BCUT2D eigenvalue weighted by atomic mass is 32.1. The molecule has 0 aromatic carbocycles. The van der Waals surface area contributed by atoms with E-state index < -0.39 is 0 Å². The van der Waals surface area contributed by atoms with E-state index in [2.05, 4.69) is 14.9 Å². The van der Waals surface area contributed by atoms with Crippen LogP contribution < -0.4 is 11.1 Å². The van der Waals surface area contributed by atoms with E-state index in [1.807, 2.05) is 0 Å². The first-order valence-electron chi connectivity index (χ1n) is 5.52. The predicted molar refractivity (Wildman–Crippen MR) is 62.3 cm³/mol. The van der Waals surface area contributed by atoms with Crippen molar-refractivity contribution in [3.8, 4) is 0 Å². The fraction of sp³-hybridized carbons (Fsp3) is 0.700. The highest BCUT2D eigenvalue weighted by Crippen LogP contribution is 2.25. The number of rotatable bonds is 3. The lowest BCUT2D eigenvalue weighted by molar-refractivity contribution is 0.0932. The van der Waals surface area contributed by atoms with Gasteiger partial charge in [0.15, 0.2) is 0 Å². The summed E-state index contributed by atoms with van der Waals surface area (Å²) in [5.41, 5.74) is 6.37. The monoisotopic (exact) mass is 240 g/mol. The first-order chi connectivity index (χ1) is 7.72. The Hall–Kier alpha value is -1.01. The second-order valence-electron chi connectivity index (χ2n) is 4.19. The van der Waals surface area contributed by atoms with Crippen LogP contribution >= 0.6 is 11.5 Å². The molecule has 1 saturated carbocycles. The van der Waals surface area contributed by atoms with Crippen molar-refractivity contribution < 1.29 is 4.79 Å². The Morgan fingerprint density at radius 2 is 2.44 bits per heavy atom. The van der Waals surface area contributed by atoms with Gasteiger partial charge in [-0.3, -0.25) is 4.79 Å². The van der Waals surface area contributed by atoms with Gasteiger partial charge in [-0.25, -0.2) is 0 Å². The fourth-order valence-corrected chi connectivity index (χ4v) is 2.74. The number of amides is 1. The number of nitrogens with two attached hydrogens (primary N) is 1. The molecule has 0 radical (unpaired) electrons. The molecule has 0 bridgehead atoms. The number of nitrogens with zero attached hydrogens (tertiary/aromatic N) is 2. The molecule has 2 atom stereocenters. The van der Waals surface area contributed by atoms with Crippen molar-refractivity contribution in [2.24, 2.45) is 11.7 Å². The molecule has 16 heavy (non-hydrogen) atoms.